The molecule has 0 unspecified atom stereocenters. The molecule has 2 rings (SSSR count). The molecule has 1 aromatic heterocycles. The van der Waals surface area contributed by atoms with Crippen molar-refractivity contribution in [3.63, 3.8) is 0 Å². The highest BCUT2D eigenvalue weighted by atomic mass is 35.5. The van der Waals surface area contributed by atoms with Crippen molar-refractivity contribution in [3.8, 4) is 0 Å². The molecule has 1 heterocycles. The SMILES string of the molecule is O=C(Nc1cc(F)cc(Cl)c1)Nc1cncc(C(=O)O)c1. The molecule has 8 heteroatoms. The van der Waals surface area contributed by atoms with E-state index in [1.165, 1.54) is 18.3 Å². The van der Waals surface area contributed by atoms with E-state index < -0.39 is 17.8 Å². The fourth-order valence-corrected chi connectivity index (χ4v) is 1.77. The number of benzene rings is 1. The third kappa shape index (κ3) is 4.15. The van der Waals surface area contributed by atoms with Crippen LogP contribution in [-0.4, -0.2) is 22.1 Å². The summed E-state index contributed by atoms with van der Waals surface area (Å²) in [6.07, 6.45) is 2.43. The van der Waals surface area contributed by atoms with Gasteiger partial charge < -0.3 is 15.7 Å². The zero-order chi connectivity index (χ0) is 15.4. The lowest BCUT2D eigenvalue weighted by Gasteiger charge is -2.08. The normalized spacial score (nSPS) is 10.0. The lowest BCUT2D eigenvalue weighted by molar-refractivity contribution is 0.0696. The fraction of sp³-hybridized carbons (Fsp3) is 0. The van der Waals surface area contributed by atoms with Crippen molar-refractivity contribution in [1.29, 1.82) is 0 Å². The van der Waals surface area contributed by atoms with E-state index in [0.717, 1.165) is 18.3 Å². The van der Waals surface area contributed by atoms with E-state index in [1.54, 1.807) is 0 Å². The molecule has 0 saturated heterocycles. The average Bonchev–Trinajstić information content (AvgIpc) is 2.37. The second-order valence-electron chi connectivity index (χ2n) is 4.00. The first kappa shape index (κ1) is 14.7. The van der Waals surface area contributed by atoms with Gasteiger partial charge >= 0.3 is 12.0 Å². The number of aromatic nitrogens is 1. The lowest BCUT2D eigenvalue weighted by Crippen LogP contribution is -2.19. The molecule has 0 aliphatic rings. The standard InChI is InChI=1S/C13H9ClFN3O3/c14-8-2-9(15)4-10(3-8)17-13(21)18-11-1-7(12(19)20)5-16-6-11/h1-6H,(H,19,20)(H2,17,18,21). The Morgan fingerprint density at radius 3 is 2.48 bits per heavy atom. The fourth-order valence-electron chi connectivity index (χ4n) is 1.54. The number of nitrogens with zero attached hydrogens (tertiary/aromatic N) is 1. The van der Waals surface area contributed by atoms with Gasteiger partial charge in [0.25, 0.3) is 0 Å². The second-order valence-corrected chi connectivity index (χ2v) is 4.44. The zero-order valence-corrected chi connectivity index (χ0v) is 11.2. The summed E-state index contributed by atoms with van der Waals surface area (Å²) in [5, 5.41) is 13.7. The molecule has 0 spiro atoms. The van der Waals surface area contributed by atoms with E-state index >= 15 is 0 Å². The van der Waals surface area contributed by atoms with Crippen molar-refractivity contribution in [3.05, 3.63) is 53.1 Å². The smallest absolute Gasteiger partial charge is 0.337 e. The summed E-state index contributed by atoms with van der Waals surface area (Å²) in [5.74, 6) is -1.75. The van der Waals surface area contributed by atoms with E-state index in [0.29, 0.717) is 0 Å². The second kappa shape index (κ2) is 6.19. The summed E-state index contributed by atoms with van der Waals surface area (Å²) in [5.41, 5.74) is 0.288. The maximum atomic E-state index is 13.1. The maximum Gasteiger partial charge on any atom is 0.337 e. The van der Waals surface area contributed by atoms with Crippen molar-refractivity contribution in [2.75, 3.05) is 10.6 Å². The molecule has 6 nitrogen and oxygen atoms in total. The number of carboxylic acids is 1. The minimum Gasteiger partial charge on any atom is -0.478 e. The molecule has 0 saturated carbocycles. The third-order valence-corrected chi connectivity index (χ3v) is 2.58. The number of carbonyl (C=O) groups is 2. The molecule has 0 radical (unpaired) electrons. The van der Waals surface area contributed by atoms with Gasteiger partial charge in [-0.25, -0.2) is 14.0 Å². The van der Waals surface area contributed by atoms with Crippen LogP contribution in [0.4, 0.5) is 20.6 Å². The van der Waals surface area contributed by atoms with Crippen LogP contribution in [0.15, 0.2) is 36.7 Å². The van der Waals surface area contributed by atoms with Crippen LogP contribution in [0.25, 0.3) is 0 Å². The number of halogens is 2. The Balaban J connectivity index is 2.08. The van der Waals surface area contributed by atoms with Crippen molar-refractivity contribution in [2.45, 2.75) is 0 Å². The maximum absolute atomic E-state index is 13.1. The molecular formula is C13H9ClFN3O3. The van der Waals surface area contributed by atoms with Gasteiger partial charge in [-0.15, -0.1) is 0 Å². The predicted octanol–water partition coefficient (Wildman–Crippen LogP) is 3.22. The Bertz CT molecular complexity index is 689. The lowest BCUT2D eigenvalue weighted by atomic mass is 10.2. The van der Waals surface area contributed by atoms with Crippen molar-refractivity contribution < 1.29 is 19.1 Å². The molecule has 0 fully saturated rings. The number of amides is 2. The predicted molar refractivity (Wildman–Crippen MR) is 75.2 cm³/mol. The molecule has 0 atom stereocenters. The monoisotopic (exact) mass is 309 g/mol. The molecular weight excluding hydrogens is 301 g/mol. The summed E-state index contributed by atoms with van der Waals surface area (Å²) in [7, 11) is 0. The highest BCUT2D eigenvalue weighted by Gasteiger charge is 2.08. The molecule has 3 N–H and O–H groups in total. The van der Waals surface area contributed by atoms with E-state index in [4.69, 9.17) is 16.7 Å². The van der Waals surface area contributed by atoms with Gasteiger partial charge in [0, 0.05) is 16.9 Å². The zero-order valence-electron chi connectivity index (χ0n) is 10.4. The number of hydrogen-bond acceptors (Lipinski definition) is 3. The van der Waals surface area contributed by atoms with Crippen LogP contribution < -0.4 is 10.6 Å². The van der Waals surface area contributed by atoms with E-state index in [1.807, 2.05) is 0 Å². The number of carboxylic acid groups (broad SMARTS) is 1. The molecule has 1 aromatic carbocycles. The Morgan fingerprint density at radius 1 is 1.10 bits per heavy atom. The van der Waals surface area contributed by atoms with Crippen LogP contribution in [0.1, 0.15) is 10.4 Å². The molecule has 108 valence electrons. The van der Waals surface area contributed by atoms with Gasteiger partial charge in [-0.3, -0.25) is 4.98 Å². The summed E-state index contributed by atoms with van der Waals surface area (Å²) >= 11 is 5.66. The van der Waals surface area contributed by atoms with Crippen LogP contribution in [-0.2, 0) is 0 Å². The topological polar surface area (TPSA) is 91.3 Å². The minimum atomic E-state index is -1.16. The number of nitrogens with one attached hydrogen (secondary N) is 2. The number of aromatic carboxylic acids is 1. The van der Waals surface area contributed by atoms with E-state index in [9.17, 15) is 14.0 Å². The van der Waals surface area contributed by atoms with Crippen molar-refractivity contribution >= 4 is 35.0 Å². The van der Waals surface area contributed by atoms with Gasteiger partial charge in [-0.2, -0.15) is 0 Å². The van der Waals surface area contributed by atoms with Gasteiger partial charge in [0.2, 0.25) is 0 Å². The third-order valence-electron chi connectivity index (χ3n) is 2.36. The van der Waals surface area contributed by atoms with Gasteiger partial charge in [-0.05, 0) is 24.3 Å². The Labute approximate surface area is 123 Å². The number of rotatable bonds is 3. The number of carbonyl (C=O) groups excluding carboxylic acids is 1. The Kier molecular flexibility index (Phi) is 4.34. The first-order valence-electron chi connectivity index (χ1n) is 5.66. The van der Waals surface area contributed by atoms with Crippen molar-refractivity contribution in [2.24, 2.45) is 0 Å². The minimum absolute atomic E-state index is 0.0680. The van der Waals surface area contributed by atoms with E-state index in [2.05, 4.69) is 15.6 Å². The summed E-state index contributed by atoms with van der Waals surface area (Å²) < 4.78 is 13.1. The van der Waals surface area contributed by atoms with Crippen LogP contribution in [0.3, 0.4) is 0 Å². The number of urea groups is 1. The molecule has 2 amide bonds. The summed E-state index contributed by atoms with van der Waals surface area (Å²) in [6, 6.07) is 4.13. The van der Waals surface area contributed by atoms with E-state index in [-0.39, 0.29) is 22.0 Å². The average molecular weight is 310 g/mol. The molecule has 2 aromatic rings. The number of anilines is 2. The molecule has 0 bridgehead atoms. The first-order valence-corrected chi connectivity index (χ1v) is 6.04. The van der Waals surface area contributed by atoms with Crippen LogP contribution in [0.2, 0.25) is 5.02 Å². The van der Waals surface area contributed by atoms with Crippen LogP contribution in [0.5, 0.6) is 0 Å². The Morgan fingerprint density at radius 2 is 1.81 bits per heavy atom. The highest BCUT2D eigenvalue weighted by Crippen LogP contribution is 2.18. The van der Waals surface area contributed by atoms with Crippen molar-refractivity contribution in [1.82, 2.24) is 4.98 Å². The molecule has 0 aliphatic heterocycles. The Hall–Kier alpha value is -2.67. The van der Waals surface area contributed by atoms with Gasteiger partial charge in [0.1, 0.15) is 5.82 Å². The first-order chi connectivity index (χ1) is 9.94. The molecule has 21 heavy (non-hydrogen) atoms. The van der Waals surface area contributed by atoms with Gasteiger partial charge in [0.15, 0.2) is 0 Å². The highest BCUT2D eigenvalue weighted by molar-refractivity contribution is 6.31. The summed E-state index contributed by atoms with van der Waals surface area (Å²) in [6.45, 7) is 0. The van der Waals surface area contributed by atoms with Crippen LogP contribution in [0, 0.1) is 5.82 Å². The number of hydrogen-bond donors (Lipinski definition) is 3. The van der Waals surface area contributed by atoms with Gasteiger partial charge in [-0.1, -0.05) is 11.6 Å². The quantitative estimate of drug-likeness (QED) is 0.812. The number of pyridine rings is 1. The van der Waals surface area contributed by atoms with Crippen LogP contribution >= 0.6 is 11.6 Å². The molecule has 0 aliphatic carbocycles. The summed E-state index contributed by atoms with van der Waals surface area (Å²) in [4.78, 5) is 26.2. The van der Waals surface area contributed by atoms with Gasteiger partial charge in [0.05, 0.1) is 17.4 Å². The largest absolute Gasteiger partial charge is 0.478 e.